The molecule has 0 bridgehead atoms. The van der Waals surface area contributed by atoms with Gasteiger partial charge in [0, 0.05) is 41.5 Å². The number of nitrogens with zero attached hydrogens (tertiary/aromatic N) is 4. The van der Waals surface area contributed by atoms with E-state index < -0.39 is 12.6 Å². The quantitative estimate of drug-likeness (QED) is 0.354. The van der Waals surface area contributed by atoms with Crippen LogP contribution in [0.25, 0.3) is 21.1 Å². The molecule has 7 nitrogen and oxygen atoms in total. The van der Waals surface area contributed by atoms with Crippen LogP contribution < -0.4 is 5.32 Å². The molecule has 0 amide bonds. The molecular weight excluding hydrogens is 477 g/mol. The number of halogens is 3. The first kappa shape index (κ1) is 23.5. The Kier molecular flexibility index (Phi) is 6.35. The fourth-order valence-corrected chi connectivity index (χ4v) is 5.71. The van der Waals surface area contributed by atoms with E-state index in [1.54, 1.807) is 6.07 Å². The van der Waals surface area contributed by atoms with Crippen LogP contribution in [0.5, 0.6) is 0 Å². The highest BCUT2D eigenvalue weighted by Gasteiger charge is 2.29. The number of hydrogen-bond acceptors (Lipinski definition) is 7. The highest BCUT2D eigenvalue weighted by atomic mass is 32.1. The summed E-state index contributed by atoms with van der Waals surface area (Å²) in [6.07, 6.45) is -2.13. The third-order valence-corrected chi connectivity index (χ3v) is 7.41. The number of aliphatic hydroxyl groups excluding tert-OH is 1. The van der Waals surface area contributed by atoms with E-state index >= 15 is 0 Å². The molecule has 1 aliphatic heterocycles. The second kappa shape index (κ2) is 9.45. The summed E-state index contributed by atoms with van der Waals surface area (Å²) in [4.78, 5) is 14.6. The molecule has 182 valence electrons. The number of H-pyrrole nitrogens is 1. The summed E-state index contributed by atoms with van der Waals surface area (Å²) < 4.78 is 38.4. The van der Waals surface area contributed by atoms with Crippen LogP contribution in [0, 0.1) is 11.3 Å². The topological polar surface area (TPSA) is 101 Å². The van der Waals surface area contributed by atoms with Crippen LogP contribution in [0.3, 0.4) is 0 Å². The molecule has 1 fully saturated rings. The second-order valence-electron chi connectivity index (χ2n) is 8.76. The van der Waals surface area contributed by atoms with Crippen LogP contribution in [-0.4, -0.2) is 50.3 Å². The Labute approximate surface area is 203 Å². The first-order chi connectivity index (χ1) is 16.8. The summed E-state index contributed by atoms with van der Waals surface area (Å²) in [5.74, 6) is 0.576. The van der Waals surface area contributed by atoms with Crippen molar-refractivity contribution in [2.45, 2.75) is 44.6 Å². The molecule has 0 atom stereocenters. The van der Waals surface area contributed by atoms with E-state index in [0.29, 0.717) is 28.3 Å². The van der Waals surface area contributed by atoms with Gasteiger partial charge in [0.1, 0.15) is 28.7 Å². The first-order valence-corrected chi connectivity index (χ1v) is 12.1. The van der Waals surface area contributed by atoms with Crippen molar-refractivity contribution >= 4 is 38.3 Å². The Morgan fingerprint density at radius 2 is 2.00 bits per heavy atom. The highest BCUT2D eigenvalue weighted by molar-refractivity contribution is 7.18. The number of likely N-dealkylation sites (tertiary alicyclic amines) is 1. The highest BCUT2D eigenvalue weighted by Crippen LogP contribution is 2.33. The number of anilines is 1. The predicted molar refractivity (Wildman–Crippen MR) is 128 cm³/mol. The van der Waals surface area contributed by atoms with E-state index in [4.69, 9.17) is 5.26 Å². The van der Waals surface area contributed by atoms with Gasteiger partial charge in [0.15, 0.2) is 0 Å². The zero-order valence-electron chi connectivity index (χ0n) is 18.7. The minimum absolute atomic E-state index is 0.103. The zero-order chi connectivity index (χ0) is 24.6. The van der Waals surface area contributed by atoms with Gasteiger partial charge >= 0.3 is 6.18 Å². The maximum atomic E-state index is 12.8. The van der Waals surface area contributed by atoms with E-state index in [-0.39, 0.29) is 17.5 Å². The maximum absolute atomic E-state index is 12.8. The zero-order valence-corrected chi connectivity index (χ0v) is 19.5. The Morgan fingerprint density at radius 1 is 1.20 bits per heavy atom. The van der Waals surface area contributed by atoms with Gasteiger partial charge < -0.3 is 15.4 Å². The average molecular weight is 501 g/mol. The Hall–Kier alpha value is -3.20. The number of piperidine rings is 1. The van der Waals surface area contributed by atoms with Gasteiger partial charge in [-0.2, -0.15) is 18.4 Å². The van der Waals surface area contributed by atoms with E-state index in [2.05, 4.69) is 31.2 Å². The summed E-state index contributed by atoms with van der Waals surface area (Å²) in [6, 6.07) is 9.49. The third kappa shape index (κ3) is 5.10. The van der Waals surface area contributed by atoms with E-state index in [9.17, 15) is 18.3 Å². The number of fused-ring (bicyclic) bond motifs is 2. The molecule has 35 heavy (non-hydrogen) atoms. The van der Waals surface area contributed by atoms with E-state index in [0.717, 1.165) is 59.3 Å². The molecule has 1 aliphatic rings. The third-order valence-electron chi connectivity index (χ3n) is 6.37. The monoisotopic (exact) mass is 500 g/mol. The Bertz CT molecular complexity index is 1400. The van der Waals surface area contributed by atoms with Crippen molar-refractivity contribution in [1.29, 1.82) is 5.26 Å². The van der Waals surface area contributed by atoms with E-state index in [1.807, 2.05) is 12.1 Å². The molecular formula is C24H23F3N6OS. The van der Waals surface area contributed by atoms with Crippen molar-refractivity contribution < 1.29 is 18.3 Å². The molecule has 0 saturated carbocycles. The van der Waals surface area contributed by atoms with Gasteiger partial charge in [-0.15, -0.1) is 11.3 Å². The van der Waals surface area contributed by atoms with Gasteiger partial charge in [-0.3, -0.25) is 4.90 Å². The number of rotatable bonds is 6. The molecule has 1 saturated heterocycles. The van der Waals surface area contributed by atoms with Crippen LogP contribution in [0.2, 0.25) is 0 Å². The van der Waals surface area contributed by atoms with Crippen molar-refractivity contribution in [3.8, 4) is 6.07 Å². The molecule has 5 rings (SSSR count). The molecule has 11 heteroatoms. The molecule has 4 heterocycles. The fourth-order valence-electron chi connectivity index (χ4n) is 4.68. The standard InChI is InChI=1S/C24H23F3N6OS/c25-24(26,27)9-17-8-19-22(29-13-30-23(19)35-17)32-15-3-5-33(6-4-15)11-14-1-2-21-18(20(14)12-34)7-16(10-28)31-21/h1-2,7-8,13,15,31,34H,3-6,9,11-12H2,(H,29,30,32). The lowest BCUT2D eigenvalue weighted by molar-refractivity contribution is -0.126. The number of aromatic amines is 1. The summed E-state index contributed by atoms with van der Waals surface area (Å²) in [5, 5.41) is 24.1. The molecule has 1 aromatic carbocycles. The molecule has 0 aliphatic carbocycles. The van der Waals surface area contributed by atoms with Crippen LogP contribution in [-0.2, 0) is 19.6 Å². The number of aliphatic hydroxyl groups is 1. The fraction of sp³-hybridized carbons (Fsp3) is 0.375. The predicted octanol–water partition coefficient (Wildman–Crippen LogP) is 4.72. The smallest absolute Gasteiger partial charge is 0.392 e. The maximum Gasteiger partial charge on any atom is 0.393 e. The largest absolute Gasteiger partial charge is 0.393 e. The van der Waals surface area contributed by atoms with Gasteiger partial charge in [0.25, 0.3) is 0 Å². The van der Waals surface area contributed by atoms with Gasteiger partial charge in [0.2, 0.25) is 0 Å². The Morgan fingerprint density at radius 3 is 2.71 bits per heavy atom. The van der Waals surface area contributed by atoms with E-state index in [1.165, 1.54) is 12.4 Å². The van der Waals surface area contributed by atoms with Gasteiger partial charge in [-0.05, 0) is 42.2 Å². The first-order valence-electron chi connectivity index (χ1n) is 11.3. The average Bonchev–Trinajstić information content (AvgIpc) is 3.43. The lowest BCUT2D eigenvalue weighted by Crippen LogP contribution is -2.39. The van der Waals surface area contributed by atoms with Crippen LogP contribution in [0.1, 0.15) is 34.5 Å². The number of nitriles is 1. The summed E-state index contributed by atoms with van der Waals surface area (Å²) in [5.41, 5.74) is 3.16. The minimum Gasteiger partial charge on any atom is -0.392 e. The van der Waals surface area contributed by atoms with Crippen molar-refractivity contribution in [3.05, 3.63) is 52.3 Å². The van der Waals surface area contributed by atoms with Gasteiger partial charge in [0.05, 0.1) is 18.4 Å². The van der Waals surface area contributed by atoms with Gasteiger partial charge in [-0.1, -0.05) is 6.07 Å². The molecule has 0 spiro atoms. The lowest BCUT2D eigenvalue weighted by Gasteiger charge is -2.33. The van der Waals surface area contributed by atoms with Gasteiger partial charge in [-0.25, -0.2) is 9.97 Å². The SMILES string of the molecule is N#Cc1cc2c(CO)c(CN3CCC(Nc4ncnc5sc(CC(F)(F)F)cc45)CC3)ccc2[nH]1. The lowest BCUT2D eigenvalue weighted by atomic mass is 10.0. The molecule has 3 N–H and O–H groups in total. The Balaban J connectivity index is 1.24. The van der Waals surface area contributed by atoms with Crippen LogP contribution in [0.4, 0.5) is 19.0 Å². The van der Waals surface area contributed by atoms with Crippen LogP contribution in [0.15, 0.2) is 30.6 Å². The number of benzene rings is 1. The van der Waals surface area contributed by atoms with Crippen LogP contribution >= 0.6 is 11.3 Å². The van der Waals surface area contributed by atoms with Crippen molar-refractivity contribution in [1.82, 2.24) is 19.9 Å². The number of hydrogen-bond donors (Lipinski definition) is 3. The van der Waals surface area contributed by atoms with Crippen molar-refractivity contribution in [2.24, 2.45) is 0 Å². The van der Waals surface area contributed by atoms with Crippen molar-refractivity contribution in [2.75, 3.05) is 18.4 Å². The van der Waals surface area contributed by atoms with Crippen molar-refractivity contribution in [3.63, 3.8) is 0 Å². The number of thiophene rings is 1. The minimum atomic E-state index is -4.26. The number of alkyl halides is 3. The number of aromatic nitrogens is 3. The molecule has 0 unspecified atom stereocenters. The summed E-state index contributed by atoms with van der Waals surface area (Å²) in [7, 11) is 0. The molecule has 0 radical (unpaired) electrons. The number of nitrogens with one attached hydrogen (secondary N) is 2. The normalized spacial score (nSPS) is 15.6. The molecule has 3 aromatic heterocycles. The summed E-state index contributed by atoms with van der Waals surface area (Å²) >= 11 is 1.05. The molecule has 4 aromatic rings. The summed E-state index contributed by atoms with van der Waals surface area (Å²) in [6.45, 7) is 2.24. The second-order valence-corrected chi connectivity index (χ2v) is 9.87.